The molecule has 0 bridgehead atoms. The first-order chi connectivity index (χ1) is 7.70. The summed E-state index contributed by atoms with van der Waals surface area (Å²) in [6.45, 7) is -1.17. The van der Waals surface area contributed by atoms with Gasteiger partial charge in [0, 0.05) is 10.3 Å². The molecule has 0 fully saturated rings. The predicted molar refractivity (Wildman–Crippen MR) is 50.4 cm³/mol. The van der Waals surface area contributed by atoms with Crippen molar-refractivity contribution in [3.05, 3.63) is 0 Å². The topological polar surface area (TPSA) is 20.2 Å². The molecule has 0 aliphatic carbocycles. The molecule has 18 heavy (non-hydrogen) atoms. The van der Waals surface area contributed by atoms with Crippen LogP contribution in [0.15, 0.2) is 0 Å². The molecular formula is C7H6F9IO. The summed E-state index contributed by atoms with van der Waals surface area (Å²) >= 11 is 0.948. The normalized spacial score (nSPS) is 19.5. The van der Waals surface area contributed by atoms with E-state index >= 15 is 0 Å². The van der Waals surface area contributed by atoms with Gasteiger partial charge in [0.1, 0.15) is 0 Å². The van der Waals surface area contributed by atoms with E-state index in [0.29, 0.717) is 0 Å². The molecule has 0 rings (SSSR count). The Kier molecular flexibility index (Phi) is 5.23. The molecule has 0 spiro atoms. The molecule has 110 valence electrons. The number of hydrogen-bond acceptors (Lipinski definition) is 1. The van der Waals surface area contributed by atoms with Gasteiger partial charge in [0.25, 0.3) is 5.67 Å². The second-order valence-corrected chi connectivity index (χ2v) is 5.12. The fourth-order valence-electron chi connectivity index (χ4n) is 1.02. The summed E-state index contributed by atoms with van der Waals surface area (Å²) in [5.74, 6) is -6.60. The van der Waals surface area contributed by atoms with Crippen molar-refractivity contribution in [2.75, 3.05) is 6.61 Å². The lowest BCUT2D eigenvalue weighted by Gasteiger charge is -2.36. The van der Waals surface area contributed by atoms with Crippen molar-refractivity contribution in [1.82, 2.24) is 0 Å². The third kappa shape index (κ3) is 3.14. The molecular weight excluding hydrogens is 398 g/mol. The second kappa shape index (κ2) is 5.21. The molecule has 0 aromatic heterocycles. The van der Waals surface area contributed by atoms with Crippen molar-refractivity contribution in [1.29, 1.82) is 0 Å². The molecule has 0 aliphatic heterocycles. The van der Waals surface area contributed by atoms with Crippen LogP contribution in [0.3, 0.4) is 0 Å². The Hall–Kier alpha value is 0.0600. The van der Waals surface area contributed by atoms with Crippen LogP contribution in [-0.4, -0.2) is 39.6 Å². The lowest BCUT2D eigenvalue weighted by atomic mass is 9.91. The first-order valence-corrected chi connectivity index (χ1v) is 5.40. The minimum Gasteiger partial charge on any atom is -0.395 e. The highest BCUT2D eigenvalue weighted by molar-refractivity contribution is 14.1. The van der Waals surface area contributed by atoms with Crippen LogP contribution >= 0.6 is 22.6 Å². The third-order valence-electron chi connectivity index (χ3n) is 2.00. The molecule has 0 unspecified atom stereocenters. The molecule has 0 aromatic carbocycles. The minimum atomic E-state index is -6.69. The van der Waals surface area contributed by atoms with Crippen LogP contribution in [0, 0.1) is 0 Å². The highest BCUT2D eigenvalue weighted by atomic mass is 127. The van der Waals surface area contributed by atoms with E-state index in [4.69, 9.17) is 5.11 Å². The summed E-state index contributed by atoms with van der Waals surface area (Å²) in [5, 5.41) is 8.36. The second-order valence-electron chi connectivity index (χ2n) is 3.36. The fourth-order valence-corrected chi connectivity index (χ4v) is 1.62. The van der Waals surface area contributed by atoms with E-state index in [2.05, 4.69) is 0 Å². The van der Waals surface area contributed by atoms with E-state index < -0.39 is 40.9 Å². The molecule has 0 aliphatic rings. The smallest absolute Gasteiger partial charge is 0.395 e. The van der Waals surface area contributed by atoms with Crippen molar-refractivity contribution in [2.45, 2.75) is 34.3 Å². The van der Waals surface area contributed by atoms with Gasteiger partial charge in [0.2, 0.25) is 0 Å². The van der Waals surface area contributed by atoms with E-state index in [0.717, 1.165) is 22.6 Å². The SMILES string of the molecule is OC[C@H](I)C[C@](F)(C(F)(F)F)C(F)(F)C(F)(F)F. The van der Waals surface area contributed by atoms with Gasteiger partial charge in [0.05, 0.1) is 6.61 Å². The van der Waals surface area contributed by atoms with Gasteiger partial charge < -0.3 is 5.11 Å². The first kappa shape index (κ1) is 18.1. The Labute approximate surface area is 108 Å². The average molecular weight is 404 g/mol. The van der Waals surface area contributed by atoms with Crippen LogP contribution in [0.5, 0.6) is 0 Å². The van der Waals surface area contributed by atoms with Crippen molar-refractivity contribution < 1.29 is 44.6 Å². The number of aliphatic hydroxyl groups excluding tert-OH is 1. The standard InChI is InChI=1S/C7H6F9IO/c8-4(6(11,12)13,1-3(17)2-18)5(9,10)7(14,15)16/h3,18H,1-2H2/t3-,4-/m1/s1. The van der Waals surface area contributed by atoms with Crippen LogP contribution in [0.1, 0.15) is 6.42 Å². The first-order valence-electron chi connectivity index (χ1n) is 4.16. The molecule has 0 heterocycles. The summed E-state index contributed by atoms with van der Waals surface area (Å²) in [5.41, 5.74) is -5.78. The number of hydrogen-bond donors (Lipinski definition) is 1. The molecule has 0 radical (unpaired) electrons. The zero-order valence-electron chi connectivity index (χ0n) is 8.22. The zero-order valence-corrected chi connectivity index (χ0v) is 10.4. The molecule has 0 aromatic rings. The predicted octanol–water partition coefficient (Wildman–Crippen LogP) is 3.64. The van der Waals surface area contributed by atoms with Gasteiger partial charge in [-0.2, -0.15) is 35.1 Å². The largest absolute Gasteiger partial charge is 0.457 e. The van der Waals surface area contributed by atoms with Gasteiger partial charge in [-0.3, -0.25) is 0 Å². The van der Waals surface area contributed by atoms with Crippen LogP contribution in [-0.2, 0) is 0 Å². The molecule has 2 atom stereocenters. The Morgan fingerprint density at radius 1 is 0.833 bits per heavy atom. The Balaban J connectivity index is 5.64. The number of halogens is 10. The summed E-state index contributed by atoms with van der Waals surface area (Å²) in [4.78, 5) is 0. The average Bonchev–Trinajstić information content (AvgIpc) is 2.13. The summed E-state index contributed by atoms with van der Waals surface area (Å²) in [6, 6.07) is 0. The Morgan fingerprint density at radius 3 is 1.44 bits per heavy atom. The lowest BCUT2D eigenvalue weighted by Crippen LogP contribution is -2.63. The van der Waals surface area contributed by atoms with E-state index in [1.54, 1.807) is 0 Å². The fraction of sp³-hybridized carbons (Fsp3) is 1.00. The van der Waals surface area contributed by atoms with Crippen molar-refractivity contribution in [2.24, 2.45) is 0 Å². The minimum absolute atomic E-state index is 0.948. The van der Waals surface area contributed by atoms with E-state index in [1.807, 2.05) is 0 Å². The molecule has 0 saturated heterocycles. The monoisotopic (exact) mass is 404 g/mol. The molecule has 1 N–H and O–H groups in total. The Morgan fingerprint density at radius 2 is 1.22 bits per heavy atom. The van der Waals surface area contributed by atoms with Crippen LogP contribution in [0.25, 0.3) is 0 Å². The number of alkyl halides is 10. The highest BCUT2D eigenvalue weighted by Crippen LogP contribution is 2.55. The number of aliphatic hydroxyl groups is 1. The van der Waals surface area contributed by atoms with E-state index in [1.165, 1.54) is 0 Å². The summed E-state index contributed by atoms with van der Waals surface area (Å²) in [7, 11) is 0. The van der Waals surface area contributed by atoms with Gasteiger partial charge in [-0.05, 0) is 0 Å². The Bertz CT molecular complexity index is 286. The maximum absolute atomic E-state index is 13.3. The van der Waals surface area contributed by atoms with Gasteiger partial charge in [-0.1, -0.05) is 22.6 Å². The summed E-state index contributed by atoms with van der Waals surface area (Å²) < 4.78 is 109. The van der Waals surface area contributed by atoms with Gasteiger partial charge in [-0.15, -0.1) is 0 Å². The van der Waals surface area contributed by atoms with Crippen molar-refractivity contribution >= 4 is 22.6 Å². The quantitative estimate of drug-likeness (QED) is 0.431. The molecule has 0 amide bonds. The van der Waals surface area contributed by atoms with E-state index in [9.17, 15) is 39.5 Å². The van der Waals surface area contributed by atoms with Crippen LogP contribution in [0.2, 0.25) is 0 Å². The van der Waals surface area contributed by atoms with Gasteiger partial charge >= 0.3 is 18.3 Å². The number of rotatable bonds is 4. The molecule has 11 heteroatoms. The van der Waals surface area contributed by atoms with Crippen LogP contribution in [0.4, 0.5) is 39.5 Å². The van der Waals surface area contributed by atoms with Gasteiger partial charge in [0.15, 0.2) is 0 Å². The lowest BCUT2D eigenvalue weighted by molar-refractivity contribution is -0.384. The maximum Gasteiger partial charge on any atom is 0.457 e. The third-order valence-corrected chi connectivity index (χ3v) is 2.84. The summed E-state index contributed by atoms with van der Waals surface area (Å²) in [6.07, 6.45) is -15.3. The van der Waals surface area contributed by atoms with Crippen molar-refractivity contribution in [3.63, 3.8) is 0 Å². The van der Waals surface area contributed by atoms with Gasteiger partial charge in [-0.25, -0.2) is 4.39 Å². The van der Waals surface area contributed by atoms with Crippen LogP contribution < -0.4 is 0 Å². The zero-order chi connectivity index (χ0) is 15.0. The maximum atomic E-state index is 13.3. The molecule has 0 saturated carbocycles. The highest BCUT2D eigenvalue weighted by Gasteiger charge is 2.80. The van der Waals surface area contributed by atoms with E-state index in [-0.39, 0.29) is 0 Å². The molecule has 1 nitrogen and oxygen atoms in total. The van der Waals surface area contributed by atoms with Crippen molar-refractivity contribution in [3.8, 4) is 0 Å².